The Bertz CT molecular complexity index is 815. The van der Waals surface area contributed by atoms with Crippen LogP contribution < -0.4 is 5.73 Å². The first-order chi connectivity index (χ1) is 10.1. The van der Waals surface area contributed by atoms with E-state index in [4.69, 9.17) is 17.3 Å². The molecule has 21 heavy (non-hydrogen) atoms. The van der Waals surface area contributed by atoms with E-state index >= 15 is 0 Å². The van der Waals surface area contributed by atoms with Gasteiger partial charge in [-0.05, 0) is 53.2 Å². The first-order valence-electron chi connectivity index (χ1n) is 6.16. The molecular formula is C14H11ClFN5. The van der Waals surface area contributed by atoms with Crippen LogP contribution in [-0.4, -0.2) is 20.2 Å². The standard InChI is InChI=1S/C14H11ClFN5/c1-8-2-3-9(15)6-13(8)21-14(18-19-20-21)11-5-4-10(17)7-12(11)16/h2-7H,17H2,1H3. The molecule has 3 rings (SSSR count). The quantitative estimate of drug-likeness (QED) is 0.739. The van der Waals surface area contributed by atoms with Crippen molar-refractivity contribution in [2.45, 2.75) is 6.92 Å². The molecule has 0 atom stereocenters. The summed E-state index contributed by atoms with van der Waals surface area (Å²) in [5, 5.41) is 12.0. The van der Waals surface area contributed by atoms with Gasteiger partial charge >= 0.3 is 0 Å². The fourth-order valence-electron chi connectivity index (χ4n) is 2.04. The molecule has 0 bridgehead atoms. The molecule has 1 heterocycles. The third-order valence-electron chi connectivity index (χ3n) is 3.10. The van der Waals surface area contributed by atoms with Gasteiger partial charge in [0.25, 0.3) is 0 Å². The summed E-state index contributed by atoms with van der Waals surface area (Å²) < 4.78 is 15.5. The number of aryl methyl sites for hydroxylation is 1. The van der Waals surface area contributed by atoms with Crippen LogP contribution in [0.3, 0.4) is 0 Å². The zero-order chi connectivity index (χ0) is 15.0. The topological polar surface area (TPSA) is 69.6 Å². The monoisotopic (exact) mass is 303 g/mol. The summed E-state index contributed by atoms with van der Waals surface area (Å²) in [4.78, 5) is 0. The van der Waals surface area contributed by atoms with Gasteiger partial charge in [-0.2, -0.15) is 4.68 Å². The molecule has 3 aromatic rings. The van der Waals surface area contributed by atoms with Gasteiger partial charge in [-0.15, -0.1) is 5.10 Å². The molecule has 106 valence electrons. The molecule has 5 nitrogen and oxygen atoms in total. The van der Waals surface area contributed by atoms with Gasteiger partial charge in [0.1, 0.15) is 5.82 Å². The van der Waals surface area contributed by atoms with Crippen molar-refractivity contribution in [1.29, 1.82) is 0 Å². The predicted molar refractivity (Wildman–Crippen MR) is 78.7 cm³/mol. The van der Waals surface area contributed by atoms with Crippen LogP contribution in [0.25, 0.3) is 17.1 Å². The average molecular weight is 304 g/mol. The predicted octanol–water partition coefficient (Wildman–Crippen LogP) is 3.01. The number of nitrogens with zero attached hydrogens (tertiary/aromatic N) is 4. The van der Waals surface area contributed by atoms with Gasteiger partial charge in [0.2, 0.25) is 0 Å². The average Bonchev–Trinajstić information content (AvgIpc) is 2.90. The highest BCUT2D eigenvalue weighted by atomic mass is 35.5. The summed E-state index contributed by atoms with van der Waals surface area (Å²) in [6.07, 6.45) is 0. The molecule has 2 aromatic carbocycles. The summed E-state index contributed by atoms with van der Waals surface area (Å²) in [5.74, 6) is -0.191. The van der Waals surface area contributed by atoms with Crippen molar-refractivity contribution in [3.63, 3.8) is 0 Å². The van der Waals surface area contributed by atoms with Crippen LogP contribution in [0.1, 0.15) is 5.56 Å². The highest BCUT2D eigenvalue weighted by Gasteiger charge is 2.16. The van der Waals surface area contributed by atoms with Crippen LogP contribution in [0.15, 0.2) is 36.4 Å². The van der Waals surface area contributed by atoms with E-state index in [0.717, 1.165) is 5.56 Å². The van der Waals surface area contributed by atoms with Gasteiger partial charge in [-0.3, -0.25) is 0 Å². The molecule has 0 fully saturated rings. The molecule has 0 aliphatic rings. The number of anilines is 1. The second-order valence-corrected chi connectivity index (χ2v) is 5.02. The Kier molecular flexibility index (Phi) is 3.31. The smallest absolute Gasteiger partial charge is 0.190 e. The van der Waals surface area contributed by atoms with E-state index in [2.05, 4.69) is 15.5 Å². The normalized spacial score (nSPS) is 10.8. The van der Waals surface area contributed by atoms with Crippen LogP contribution in [0, 0.1) is 12.7 Å². The van der Waals surface area contributed by atoms with Gasteiger partial charge < -0.3 is 5.73 Å². The molecule has 0 saturated carbocycles. The van der Waals surface area contributed by atoms with E-state index in [1.807, 2.05) is 13.0 Å². The SMILES string of the molecule is Cc1ccc(Cl)cc1-n1nnnc1-c1ccc(N)cc1F. The summed E-state index contributed by atoms with van der Waals surface area (Å²) in [6.45, 7) is 1.90. The Morgan fingerprint density at radius 1 is 1.19 bits per heavy atom. The molecule has 0 unspecified atom stereocenters. The molecule has 0 aliphatic heterocycles. The number of benzene rings is 2. The number of rotatable bonds is 2. The van der Waals surface area contributed by atoms with Crippen LogP contribution >= 0.6 is 11.6 Å². The number of nitrogens with two attached hydrogens (primary N) is 1. The summed E-state index contributed by atoms with van der Waals surface area (Å²) in [7, 11) is 0. The minimum absolute atomic E-state index is 0.272. The number of hydrogen-bond donors (Lipinski definition) is 1. The van der Waals surface area contributed by atoms with Crippen molar-refractivity contribution in [3.05, 3.63) is 52.8 Å². The number of hydrogen-bond acceptors (Lipinski definition) is 4. The summed E-state index contributed by atoms with van der Waals surface area (Å²) in [6, 6.07) is 9.73. The van der Waals surface area contributed by atoms with Crippen molar-refractivity contribution >= 4 is 17.3 Å². The summed E-state index contributed by atoms with van der Waals surface area (Å²) >= 11 is 6.01. The van der Waals surface area contributed by atoms with E-state index in [9.17, 15) is 4.39 Å². The molecule has 0 radical (unpaired) electrons. The highest BCUT2D eigenvalue weighted by Crippen LogP contribution is 2.26. The van der Waals surface area contributed by atoms with Crippen LogP contribution in [0.5, 0.6) is 0 Å². The molecule has 0 aliphatic carbocycles. The molecule has 2 N–H and O–H groups in total. The molecule has 0 spiro atoms. The van der Waals surface area contributed by atoms with E-state index in [1.165, 1.54) is 10.7 Å². The fourth-order valence-corrected chi connectivity index (χ4v) is 2.21. The summed E-state index contributed by atoms with van der Waals surface area (Å²) in [5.41, 5.74) is 7.79. The third-order valence-corrected chi connectivity index (χ3v) is 3.34. The van der Waals surface area contributed by atoms with Crippen LogP contribution in [0.2, 0.25) is 5.02 Å². The van der Waals surface area contributed by atoms with Crippen molar-refractivity contribution in [1.82, 2.24) is 20.2 Å². The minimum Gasteiger partial charge on any atom is -0.399 e. The van der Waals surface area contributed by atoms with Crippen LogP contribution in [0.4, 0.5) is 10.1 Å². The number of tetrazole rings is 1. The van der Waals surface area contributed by atoms with Crippen molar-refractivity contribution in [2.24, 2.45) is 0 Å². The third kappa shape index (κ3) is 2.45. The molecule has 0 amide bonds. The Hall–Kier alpha value is -2.47. The van der Waals surface area contributed by atoms with Crippen LogP contribution in [-0.2, 0) is 0 Å². The Labute approximate surface area is 125 Å². The van der Waals surface area contributed by atoms with Gasteiger partial charge in [-0.1, -0.05) is 17.7 Å². The Balaban J connectivity index is 2.19. The molecular weight excluding hydrogens is 293 g/mol. The number of aromatic nitrogens is 4. The second kappa shape index (κ2) is 5.14. The Morgan fingerprint density at radius 2 is 2.00 bits per heavy atom. The number of halogens is 2. The van der Waals surface area contributed by atoms with E-state index < -0.39 is 5.82 Å². The van der Waals surface area contributed by atoms with E-state index in [1.54, 1.807) is 24.3 Å². The lowest BCUT2D eigenvalue weighted by atomic mass is 10.1. The van der Waals surface area contributed by atoms with Crippen molar-refractivity contribution in [3.8, 4) is 17.1 Å². The highest BCUT2D eigenvalue weighted by molar-refractivity contribution is 6.30. The minimum atomic E-state index is -0.481. The van der Waals surface area contributed by atoms with Gasteiger partial charge in [0.05, 0.1) is 11.3 Å². The zero-order valence-electron chi connectivity index (χ0n) is 11.1. The van der Waals surface area contributed by atoms with Gasteiger partial charge in [0.15, 0.2) is 5.82 Å². The van der Waals surface area contributed by atoms with Crippen molar-refractivity contribution < 1.29 is 4.39 Å². The van der Waals surface area contributed by atoms with Gasteiger partial charge in [0, 0.05) is 10.7 Å². The lowest BCUT2D eigenvalue weighted by Crippen LogP contribution is -2.03. The lowest BCUT2D eigenvalue weighted by molar-refractivity contribution is 0.629. The molecule has 0 saturated heterocycles. The fraction of sp³-hybridized carbons (Fsp3) is 0.0714. The first-order valence-corrected chi connectivity index (χ1v) is 6.54. The second-order valence-electron chi connectivity index (χ2n) is 4.58. The first kappa shape index (κ1) is 13.5. The largest absolute Gasteiger partial charge is 0.399 e. The van der Waals surface area contributed by atoms with E-state index in [0.29, 0.717) is 16.4 Å². The maximum atomic E-state index is 14.1. The lowest BCUT2D eigenvalue weighted by Gasteiger charge is -2.09. The maximum absolute atomic E-state index is 14.1. The van der Waals surface area contributed by atoms with E-state index in [-0.39, 0.29) is 11.4 Å². The van der Waals surface area contributed by atoms with Crippen molar-refractivity contribution in [2.75, 3.05) is 5.73 Å². The number of nitrogen functional groups attached to an aromatic ring is 1. The van der Waals surface area contributed by atoms with Gasteiger partial charge in [-0.25, -0.2) is 4.39 Å². The molecule has 7 heteroatoms. The maximum Gasteiger partial charge on any atom is 0.190 e. The Morgan fingerprint density at radius 3 is 2.76 bits per heavy atom. The zero-order valence-corrected chi connectivity index (χ0v) is 11.8. The molecule has 1 aromatic heterocycles.